The number of hydrogen-bond donors (Lipinski definition) is 1. The van der Waals surface area contributed by atoms with Crippen LogP contribution in [-0.2, 0) is 0 Å². The summed E-state index contributed by atoms with van der Waals surface area (Å²) < 4.78 is 13.7. The topological polar surface area (TPSA) is 12.0 Å². The molecule has 2 saturated carbocycles. The first kappa shape index (κ1) is 14.1. The van der Waals surface area contributed by atoms with Crippen molar-refractivity contribution in [3.05, 3.63) is 35.6 Å². The van der Waals surface area contributed by atoms with Crippen molar-refractivity contribution < 1.29 is 4.39 Å². The Bertz CT molecular complexity index is 431. The minimum Gasteiger partial charge on any atom is -0.314 e. The van der Waals surface area contributed by atoms with E-state index in [2.05, 4.69) is 12.2 Å². The van der Waals surface area contributed by atoms with Crippen LogP contribution >= 0.6 is 0 Å². The van der Waals surface area contributed by atoms with Crippen LogP contribution in [0.1, 0.15) is 56.9 Å². The van der Waals surface area contributed by atoms with Gasteiger partial charge >= 0.3 is 0 Å². The second kappa shape index (κ2) is 6.26. The number of rotatable bonds is 4. The Morgan fingerprint density at radius 3 is 2.50 bits per heavy atom. The fourth-order valence-electron chi connectivity index (χ4n) is 3.71. The summed E-state index contributed by atoms with van der Waals surface area (Å²) >= 11 is 0. The average Bonchev–Trinajstić information content (AvgIpc) is 2.41. The molecule has 3 rings (SSSR count). The molecule has 0 heterocycles. The summed E-state index contributed by atoms with van der Waals surface area (Å²) in [7, 11) is 0. The van der Waals surface area contributed by atoms with E-state index < -0.39 is 0 Å². The van der Waals surface area contributed by atoms with Crippen LogP contribution in [0, 0.1) is 17.7 Å². The summed E-state index contributed by atoms with van der Waals surface area (Å²) in [5, 5.41) is 3.70. The van der Waals surface area contributed by atoms with Crippen molar-refractivity contribution in [3.8, 4) is 0 Å². The lowest BCUT2D eigenvalue weighted by Gasteiger charge is -2.38. The van der Waals surface area contributed by atoms with Crippen LogP contribution in [0.25, 0.3) is 0 Å². The summed E-state index contributed by atoms with van der Waals surface area (Å²) in [6.07, 6.45) is 7.77. The molecule has 0 aromatic heterocycles. The maximum Gasteiger partial charge on any atom is 0.126 e. The highest BCUT2D eigenvalue weighted by molar-refractivity contribution is 5.24. The first-order chi connectivity index (χ1) is 9.72. The number of benzene rings is 1. The van der Waals surface area contributed by atoms with Gasteiger partial charge in [0.25, 0.3) is 0 Å². The van der Waals surface area contributed by atoms with Crippen LogP contribution in [0.2, 0.25) is 0 Å². The normalized spacial score (nSPS) is 33.7. The van der Waals surface area contributed by atoms with Gasteiger partial charge in [0.2, 0.25) is 0 Å². The van der Waals surface area contributed by atoms with Gasteiger partial charge in [0, 0.05) is 6.04 Å². The van der Waals surface area contributed by atoms with E-state index in [-0.39, 0.29) is 5.82 Å². The molecule has 0 aliphatic heterocycles. The molecule has 0 saturated heterocycles. The van der Waals surface area contributed by atoms with Crippen LogP contribution in [-0.4, -0.2) is 12.6 Å². The van der Waals surface area contributed by atoms with Crippen molar-refractivity contribution >= 4 is 0 Å². The highest BCUT2D eigenvalue weighted by atomic mass is 19.1. The summed E-state index contributed by atoms with van der Waals surface area (Å²) in [5.41, 5.74) is 0.914. The van der Waals surface area contributed by atoms with Crippen LogP contribution in [0.5, 0.6) is 0 Å². The van der Waals surface area contributed by atoms with E-state index in [1.54, 1.807) is 12.1 Å². The molecule has 0 atom stereocenters. The molecule has 1 N–H and O–H groups in total. The predicted molar refractivity (Wildman–Crippen MR) is 81.3 cm³/mol. The third-order valence-electron chi connectivity index (χ3n) is 5.31. The van der Waals surface area contributed by atoms with Gasteiger partial charge in [-0.25, -0.2) is 4.39 Å². The maximum absolute atomic E-state index is 13.7. The molecule has 0 unspecified atom stereocenters. The van der Waals surface area contributed by atoms with Gasteiger partial charge in [0.05, 0.1) is 0 Å². The Morgan fingerprint density at radius 1 is 1.10 bits per heavy atom. The van der Waals surface area contributed by atoms with Crippen molar-refractivity contribution in [1.29, 1.82) is 0 Å². The maximum atomic E-state index is 13.7. The van der Waals surface area contributed by atoms with E-state index in [1.807, 2.05) is 12.1 Å². The largest absolute Gasteiger partial charge is 0.314 e. The third-order valence-corrected chi connectivity index (χ3v) is 5.31. The van der Waals surface area contributed by atoms with Gasteiger partial charge < -0.3 is 5.32 Å². The molecule has 2 aliphatic rings. The van der Waals surface area contributed by atoms with Crippen molar-refractivity contribution in [2.45, 2.75) is 57.4 Å². The molecule has 1 aromatic rings. The molecule has 0 bridgehead atoms. The Hall–Kier alpha value is -0.890. The smallest absolute Gasteiger partial charge is 0.126 e. The van der Waals surface area contributed by atoms with Crippen LogP contribution < -0.4 is 5.32 Å². The molecule has 1 nitrogen and oxygen atoms in total. The highest BCUT2D eigenvalue weighted by Crippen LogP contribution is 2.38. The fraction of sp³-hybridized carbons (Fsp3) is 0.667. The van der Waals surface area contributed by atoms with Crippen molar-refractivity contribution in [1.82, 2.24) is 5.32 Å². The van der Waals surface area contributed by atoms with Crippen molar-refractivity contribution in [2.75, 3.05) is 6.54 Å². The number of nitrogens with one attached hydrogen (secondary N) is 1. The van der Waals surface area contributed by atoms with Crippen molar-refractivity contribution in [2.24, 2.45) is 11.8 Å². The Morgan fingerprint density at radius 2 is 1.80 bits per heavy atom. The van der Waals surface area contributed by atoms with Gasteiger partial charge in [-0.1, -0.05) is 38.0 Å². The van der Waals surface area contributed by atoms with E-state index in [0.717, 1.165) is 30.2 Å². The summed E-state index contributed by atoms with van der Waals surface area (Å²) in [6.45, 7) is 3.54. The second-order valence-corrected chi connectivity index (χ2v) is 6.92. The number of hydrogen-bond acceptors (Lipinski definition) is 1. The van der Waals surface area contributed by atoms with Crippen LogP contribution in [0.4, 0.5) is 4.39 Å². The molecule has 110 valence electrons. The van der Waals surface area contributed by atoms with Gasteiger partial charge in [-0.05, 0) is 61.6 Å². The summed E-state index contributed by atoms with van der Waals surface area (Å²) in [6, 6.07) is 7.86. The molecular weight excluding hydrogens is 249 g/mol. The van der Waals surface area contributed by atoms with Crippen LogP contribution in [0.3, 0.4) is 0 Å². The standard InChI is InChI=1S/C18H26FN/c1-13-6-8-14(9-7-13)12-20-16-10-15(11-16)17-4-2-3-5-18(17)19/h2-5,13-16,20H,6-12H2,1H3. The van der Waals surface area contributed by atoms with Gasteiger partial charge in [-0.15, -0.1) is 0 Å². The van der Waals surface area contributed by atoms with Gasteiger partial charge in [-0.2, -0.15) is 0 Å². The zero-order valence-corrected chi connectivity index (χ0v) is 12.4. The minimum atomic E-state index is -0.0304. The predicted octanol–water partition coefficient (Wildman–Crippen LogP) is 4.49. The average molecular weight is 275 g/mol. The van der Waals surface area contributed by atoms with E-state index in [4.69, 9.17) is 0 Å². The lowest BCUT2D eigenvalue weighted by molar-refractivity contribution is 0.235. The fourth-order valence-corrected chi connectivity index (χ4v) is 3.71. The highest BCUT2D eigenvalue weighted by Gasteiger charge is 2.32. The molecule has 20 heavy (non-hydrogen) atoms. The van der Waals surface area contributed by atoms with Crippen LogP contribution in [0.15, 0.2) is 24.3 Å². The van der Waals surface area contributed by atoms with E-state index >= 15 is 0 Å². The molecule has 1 aromatic carbocycles. The molecular formula is C18H26FN. The molecule has 0 spiro atoms. The molecule has 0 amide bonds. The Labute approximate surface area is 122 Å². The van der Waals surface area contributed by atoms with E-state index in [9.17, 15) is 4.39 Å². The SMILES string of the molecule is CC1CCC(CNC2CC(c3ccccc3F)C2)CC1. The van der Waals surface area contributed by atoms with Gasteiger partial charge in [-0.3, -0.25) is 0 Å². The van der Waals surface area contributed by atoms with E-state index in [1.165, 1.54) is 32.2 Å². The van der Waals surface area contributed by atoms with Gasteiger partial charge in [0.1, 0.15) is 5.82 Å². The lowest BCUT2D eigenvalue weighted by Crippen LogP contribution is -2.42. The zero-order chi connectivity index (χ0) is 13.9. The Balaban J connectivity index is 1.39. The number of halogens is 1. The molecule has 0 radical (unpaired) electrons. The van der Waals surface area contributed by atoms with Crippen molar-refractivity contribution in [3.63, 3.8) is 0 Å². The van der Waals surface area contributed by atoms with Gasteiger partial charge in [0.15, 0.2) is 0 Å². The summed E-state index contributed by atoms with van der Waals surface area (Å²) in [5.74, 6) is 2.20. The monoisotopic (exact) mass is 275 g/mol. The molecule has 2 aliphatic carbocycles. The quantitative estimate of drug-likeness (QED) is 0.854. The minimum absolute atomic E-state index is 0.0304. The Kier molecular flexibility index (Phi) is 4.40. The first-order valence-electron chi connectivity index (χ1n) is 8.20. The zero-order valence-electron chi connectivity index (χ0n) is 12.4. The summed E-state index contributed by atoms with van der Waals surface area (Å²) in [4.78, 5) is 0. The van der Waals surface area contributed by atoms with E-state index in [0.29, 0.717) is 12.0 Å². The molecule has 2 heteroatoms. The molecule has 2 fully saturated rings. The lowest BCUT2D eigenvalue weighted by atomic mass is 9.75. The third kappa shape index (κ3) is 3.22. The first-order valence-corrected chi connectivity index (χ1v) is 8.20. The second-order valence-electron chi connectivity index (χ2n) is 6.92.